The number of hydrogen-bond donors (Lipinski definition) is 1. The molecule has 0 aliphatic carbocycles. The Labute approximate surface area is 165 Å². The fourth-order valence-electron chi connectivity index (χ4n) is 3.14. The molecule has 1 aromatic carbocycles. The van der Waals surface area contributed by atoms with Crippen molar-refractivity contribution in [2.75, 3.05) is 38.1 Å². The summed E-state index contributed by atoms with van der Waals surface area (Å²) in [5, 5.41) is 3.37. The highest BCUT2D eigenvalue weighted by Gasteiger charge is 2.26. The Balaban J connectivity index is 1.66. The summed E-state index contributed by atoms with van der Waals surface area (Å²) >= 11 is 0. The monoisotopic (exact) mass is 382 g/mol. The number of carbonyl (C=O) groups is 2. The smallest absolute Gasteiger partial charge is 0.409 e. The second kappa shape index (κ2) is 8.73. The van der Waals surface area contributed by atoms with Gasteiger partial charge in [-0.25, -0.2) is 4.79 Å². The number of amides is 2. The van der Waals surface area contributed by atoms with Gasteiger partial charge in [-0.1, -0.05) is 12.1 Å². The number of nitrogens with zero attached hydrogens (tertiary/aromatic N) is 3. The van der Waals surface area contributed by atoms with Crippen LogP contribution in [0.15, 0.2) is 36.5 Å². The minimum absolute atomic E-state index is 0.131. The number of pyridine rings is 1. The SMILES string of the molecule is CCOC(=O)N1CCN(C(=O)c2cc(Nc3cccc(C)c3C)ccn2)CC1. The van der Waals surface area contributed by atoms with Crippen molar-refractivity contribution in [3.63, 3.8) is 0 Å². The molecule has 0 unspecified atom stereocenters. The summed E-state index contributed by atoms with van der Waals surface area (Å²) in [5.41, 5.74) is 4.59. The molecule has 3 rings (SSSR count). The maximum atomic E-state index is 12.8. The van der Waals surface area contributed by atoms with E-state index in [0.717, 1.165) is 11.4 Å². The third kappa shape index (κ3) is 4.42. The molecule has 0 spiro atoms. The Bertz CT molecular complexity index is 860. The molecule has 0 bridgehead atoms. The number of benzene rings is 1. The summed E-state index contributed by atoms with van der Waals surface area (Å²) < 4.78 is 5.01. The Kier molecular flexibility index (Phi) is 6.13. The zero-order chi connectivity index (χ0) is 20.1. The fraction of sp³-hybridized carbons (Fsp3) is 0.381. The quantitative estimate of drug-likeness (QED) is 0.878. The second-order valence-corrected chi connectivity index (χ2v) is 6.78. The number of aryl methyl sites for hydroxylation is 1. The first kappa shape index (κ1) is 19.7. The largest absolute Gasteiger partial charge is 0.450 e. The van der Waals surface area contributed by atoms with E-state index in [0.29, 0.717) is 38.5 Å². The van der Waals surface area contributed by atoms with Crippen molar-refractivity contribution in [1.29, 1.82) is 0 Å². The molecular formula is C21H26N4O3. The average molecular weight is 382 g/mol. The van der Waals surface area contributed by atoms with Crippen LogP contribution in [0, 0.1) is 13.8 Å². The van der Waals surface area contributed by atoms with Crippen LogP contribution in [0.5, 0.6) is 0 Å². The second-order valence-electron chi connectivity index (χ2n) is 6.78. The summed E-state index contributed by atoms with van der Waals surface area (Å²) in [4.78, 5) is 32.2. The van der Waals surface area contributed by atoms with Crippen LogP contribution in [0.2, 0.25) is 0 Å². The van der Waals surface area contributed by atoms with E-state index in [9.17, 15) is 9.59 Å². The van der Waals surface area contributed by atoms with Gasteiger partial charge in [0.05, 0.1) is 6.61 Å². The fourth-order valence-corrected chi connectivity index (χ4v) is 3.14. The third-order valence-corrected chi connectivity index (χ3v) is 4.96. The van der Waals surface area contributed by atoms with Crippen LogP contribution in [-0.4, -0.2) is 59.6 Å². The van der Waals surface area contributed by atoms with Crippen LogP contribution in [0.25, 0.3) is 0 Å². The first-order chi connectivity index (χ1) is 13.5. The van der Waals surface area contributed by atoms with Gasteiger partial charge in [0.2, 0.25) is 0 Å². The maximum Gasteiger partial charge on any atom is 0.409 e. The summed E-state index contributed by atoms with van der Waals surface area (Å²) in [5.74, 6) is -0.131. The molecule has 0 atom stereocenters. The van der Waals surface area contributed by atoms with Gasteiger partial charge in [-0.05, 0) is 50.1 Å². The van der Waals surface area contributed by atoms with Gasteiger partial charge >= 0.3 is 6.09 Å². The Morgan fingerprint density at radius 3 is 2.54 bits per heavy atom. The van der Waals surface area contributed by atoms with E-state index < -0.39 is 0 Å². The average Bonchev–Trinajstić information content (AvgIpc) is 2.71. The lowest BCUT2D eigenvalue weighted by Crippen LogP contribution is -2.50. The molecule has 1 aromatic heterocycles. The molecule has 7 nitrogen and oxygen atoms in total. The number of hydrogen-bond acceptors (Lipinski definition) is 5. The van der Waals surface area contributed by atoms with E-state index in [-0.39, 0.29) is 12.0 Å². The highest BCUT2D eigenvalue weighted by Crippen LogP contribution is 2.23. The molecule has 2 amide bonds. The van der Waals surface area contributed by atoms with E-state index in [1.807, 2.05) is 18.2 Å². The molecule has 1 N–H and O–H groups in total. The molecule has 1 aliphatic heterocycles. The van der Waals surface area contributed by atoms with Crippen molar-refractivity contribution in [3.8, 4) is 0 Å². The van der Waals surface area contributed by atoms with Crippen LogP contribution in [0.1, 0.15) is 28.5 Å². The highest BCUT2D eigenvalue weighted by molar-refractivity contribution is 5.93. The van der Waals surface area contributed by atoms with Gasteiger partial charge in [0.15, 0.2) is 0 Å². The number of aromatic nitrogens is 1. The molecule has 0 saturated carbocycles. The van der Waals surface area contributed by atoms with Gasteiger partial charge in [-0.2, -0.15) is 0 Å². The number of rotatable bonds is 4. The summed E-state index contributed by atoms with van der Waals surface area (Å²) in [6.07, 6.45) is 1.31. The number of nitrogens with one attached hydrogen (secondary N) is 1. The molecule has 148 valence electrons. The van der Waals surface area contributed by atoms with Crippen molar-refractivity contribution in [2.45, 2.75) is 20.8 Å². The third-order valence-electron chi connectivity index (χ3n) is 4.96. The molecule has 0 radical (unpaired) electrons. The van der Waals surface area contributed by atoms with E-state index in [4.69, 9.17) is 4.74 Å². The molecule has 28 heavy (non-hydrogen) atoms. The van der Waals surface area contributed by atoms with Crippen LogP contribution in [0.4, 0.5) is 16.2 Å². The number of carbonyl (C=O) groups excluding carboxylic acids is 2. The zero-order valence-corrected chi connectivity index (χ0v) is 16.6. The van der Waals surface area contributed by atoms with E-state index >= 15 is 0 Å². The Morgan fingerprint density at radius 1 is 1.11 bits per heavy atom. The van der Waals surface area contributed by atoms with E-state index in [1.54, 1.807) is 29.0 Å². The van der Waals surface area contributed by atoms with Gasteiger partial charge < -0.3 is 19.9 Å². The van der Waals surface area contributed by atoms with Crippen molar-refractivity contribution in [3.05, 3.63) is 53.3 Å². The first-order valence-corrected chi connectivity index (χ1v) is 9.50. The van der Waals surface area contributed by atoms with Crippen molar-refractivity contribution in [2.24, 2.45) is 0 Å². The molecule has 7 heteroatoms. The number of ether oxygens (including phenoxy) is 1. The number of anilines is 2. The maximum absolute atomic E-state index is 12.8. The van der Waals surface area contributed by atoms with Crippen LogP contribution >= 0.6 is 0 Å². The van der Waals surface area contributed by atoms with Gasteiger partial charge in [-0.3, -0.25) is 9.78 Å². The van der Waals surface area contributed by atoms with Gasteiger partial charge in [0.1, 0.15) is 5.69 Å². The van der Waals surface area contributed by atoms with Gasteiger partial charge in [-0.15, -0.1) is 0 Å². The van der Waals surface area contributed by atoms with Crippen molar-refractivity contribution < 1.29 is 14.3 Å². The molecule has 2 heterocycles. The molecule has 2 aromatic rings. The lowest BCUT2D eigenvalue weighted by Gasteiger charge is -2.33. The minimum atomic E-state index is -0.326. The minimum Gasteiger partial charge on any atom is -0.450 e. The first-order valence-electron chi connectivity index (χ1n) is 9.50. The Hall–Kier alpha value is -3.09. The lowest BCUT2D eigenvalue weighted by atomic mass is 10.1. The standard InChI is InChI=1S/C21H26N4O3/c1-4-28-21(27)25-12-10-24(11-13-25)20(26)19-14-17(8-9-22-19)23-18-7-5-6-15(2)16(18)3/h5-9,14H,4,10-13H2,1-3H3,(H,22,23). The summed E-state index contributed by atoms with van der Waals surface area (Å²) in [7, 11) is 0. The molecule has 1 fully saturated rings. The van der Waals surface area contributed by atoms with Gasteiger partial charge in [0, 0.05) is 43.8 Å². The van der Waals surface area contributed by atoms with Crippen LogP contribution in [0.3, 0.4) is 0 Å². The predicted molar refractivity (Wildman–Crippen MR) is 108 cm³/mol. The molecule has 1 aliphatic rings. The predicted octanol–water partition coefficient (Wildman–Crippen LogP) is 3.36. The van der Waals surface area contributed by atoms with E-state index in [2.05, 4.69) is 30.2 Å². The van der Waals surface area contributed by atoms with Crippen LogP contribution < -0.4 is 5.32 Å². The summed E-state index contributed by atoms with van der Waals surface area (Å²) in [6, 6.07) is 9.69. The zero-order valence-electron chi connectivity index (χ0n) is 16.6. The summed E-state index contributed by atoms with van der Waals surface area (Å²) in [6.45, 7) is 8.12. The topological polar surface area (TPSA) is 74.8 Å². The molecular weight excluding hydrogens is 356 g/mol. The van der Waals surface area contributed by atoms with Crippen LogP contribution in [-0.2, 0) is 4.74 Å². The number of piperazine rings is 1. The Morgan fingerprint density at radius 2 is 1.82 bits per heavy atom. The van der Waals surface area contributed by atoms with Crippen molar-refractivity contribution >= 4 is 23.4 Å². The lowest BCUT2D eigenvalue weighted by molar-refractivity contribution is 0.0566. The normalized spacial score (nSPS) is 14.0. The van der Waals surface area contributed by atoms with E-state index in [1.165, 1.54) is 11.1 Å². The van der Waals surface area contributed by atoms with Crippen molar-refractivity contribution in [1.82, 2.24) is 14.8 Å². The highest BCUT2D eigenvalue weighted by atomic mass is 16.6. The molecule has 1 saturated heterocycles. The van der Waals surface area contributed by atoms with Gasteiger partial charge in [0.25, 0.3) is 5.91 Å².